The van der Waals surface area contributed by atoms with Crippen LogP contribution in [0.15, 0.2) is 82.9 Å². The molecule has 0 aliphatic carbocycles. The molecule has 0 N–H and O–H groups in total. The first-order chi connectivity index (χ1) is 14.0. The SMILES string of the molecule is Cc1ccc2c(c1)N=C(c1ccccc1)C[C@]1(C)ON=C(c3ccc(Cl)cc3)N21. The van der Waals surface area contributed by atoms with Gasteiger partial charge in [0.05, 0.1) is 23.5 Å². The van der Waals surface area contributed by atoms with Crippen LogP contribution < -0.4 is 4.90 Å². The van der Waals surface area contributed by atoms with Gasteiger partial charge in [-0.15, -0.1) is 0 Å². The molecule has 29 heavy (non-hydrogen) atoms. The Bertz CT molecular complexity index is 1140. The lowest BCUT2D eigenvalue weighted by Crippen LogP contribution is -2.47. The molecule has 0 saturated carbocycles. The van der Waals surface area contributed by atoms with Crippen molar-refractivity contribution >= 4 is 34.5 Å². The molecular formula is C24H20ClN3O. The molecule has 0 unspecified atom stereocenters. The van der Waals surface area contributed by atoms with Gasteiger partial charge < -0.3 is 4.84 Å². The lowest BCUT2D eigenvalue weighted by atomic mass is 9.99. The number of oxime groups is 1. The maximum Gasteiger partial charge on any atom is 0.218 e. The van der Waals surface area contributed by atoms with Gasteiger partial charge in [-0.25, -0.2) is 0 Å². The number of nitrogens with zero attached hydrogens (tertiary/aromatic N) is 3. The molecule has 0 aromatic heterocycles. The van der Waals surface area contributed by atoms with Crippen molar-refractivity contribution in [3.63, 3.8) is 0 Å². The van der Waals surface area contributed by atoms with Crippen molar-refractivity contribution in [1.82, 2.24) is 0 Å². The molecule has 2 aliphatic heterocycles. The van der Waals surface area contributed by atoms with Crippen LogP contribution in [0, 0.1) is 6.92 Å². The van der Waals surface area contributed by atoms with E-state index in [9.17, 15) is 0 Å². The number of rotatable bonds is 2. The van der Waals surface area contributed by atoms with E-state index < -0.39 is 5.72 Å². The van der Waals surface area contributed by atoms with Gasteiger partial charge in [-0.2, -0.15) is 0 Å². The van der Waals surface area contributed by atoms with Crippen LogP contribution in [-0.2, 0) is 4.84 Å². The van der Waals surface area contributed by atoms with Crippen LogP contribution in [0.25, 0.3) is 0 Å². The average Bonchev–Trinajstić information content (AvgIpc) is 2.99. The maximum atomic E-state index is 6.09. The van der Waals surface area contributed by atoms with Gasteiger partial charge in [0.2, 0.25) is 5.72 Å². The van der Waals surface area contributed by atoms with Crippen LogP contribution in [0.2, 0.25) is 5.02 Å². The highest BCUT2D eigenvalue weighted by molar-refractivity contribution is 6.30. The van der Waals surface area contributed by atoms with Gasteiger partial charge in [0, 0.05) is 10.6 Å². The zero-order valence-corrected chi connectivity index (χ0v) is 17.0. The Morgan fingerprint density at radius 3 is 2.48 bits per heavy atom. The predicted octanol–water partition coefficient (Wildman–Crippen LogP) is 6.09. The Kier molecular flexibility index (Phi) is 4.18. The summed E-state index contributed by atoms with van der Waals surface area (Å²) in [4.78, 5) is 13.3. The molecule has 0 radical (unpaired) electrons. The number of aryl methyl sites for hydroxylation is 1. The fourth-order valence-corrected chi connectivity index (χ4v) is 4.04. The second kappa shape index (κ2) is 6.75. The van der Waals surface area contributed by atoms with E-state index in [2.05, 4.69) is 54.2 Å². The van der Waals surface area contributed by atoms with E-state index in [4.69, 9.17) is 21.4 Å². The Hall–Kier alpha value is -3.11. The molecule has 0 amide bonds. The van der Waals surface area contributed by atoms with Crippen molar-refractivity contribution in [2.75, 3.05) is 4.90 Å². The Morgan fingerprint density at radius 2 is 1.72 bits per heavy atom. The summed E-state index contributed by atoms with van der Waals surface area (Å²) in [7, 11) is 0. The molecule has 3 aromatic rings. The minimum absolute atomic E-state index is 0.603. The van der Waals surface area contributed by atoms with Crippen molar-refractivity contribution in [2.24, 2.45) is 10.1 Å². The average molecular weight is 402 g/mol. The normalized spacial score (nSPS) is 20.2. The van der Waals surface area contributed by atoms with E-state index in [0.717, 1.165) is 39.6 Å². The topological polar surface area (TPSA) is 37.2 Å². The summed E-state index contributed by atoms with van der Waals surface area (Å²) in [6, 6.07) is 24.2. The number of hydrogen-bond acceptors (Lipinski definition) is 4. The second-order valence-corrected chi connectivity index (χ2v) is 8.05. The predicted molar refractivity (Wildman–Crippen MR) is 118 cm³/mol. The van der Waals surface area contributed by atoms with E-state index in [0.29, 0.717) is 11.4 Å². The summed E-state index contributed by atoms with van der Waals surface area (Å²) in [6.07, 6.45) is 0.603. The lowest BCUT2D eigenvalue weighted by molar-refractivity contribution is 0.00470. The third-order valence-electron chi connectivity index (χ3n) is 5.35. The van der Waals surface area contributed by atoms with E-state index in [-0.39, 0.29) is 0 Å². The number of benzene rings is 3. The molecule has 2 aliphatic rings. The van der Waals surface area contributed by atoms with Gasteiger partial charge in [0.15, 0.2) is 5.84 Å². The molecule has 5 heteroatoms. The largest absolute Gasteiger partial charge is 0.365 e. The molecule has 4 nitrogen and oxygen atoms in total. The van der Waals surface area contributed by atoms with Gasteiger partial charge in [0.1, 0.15) is 0 Å². The number of amidine groups is 1. The van der Waals surface area contributed by atoms with E-state index in [1.807, 2.05) is 42.5 Å². The molecule has 144 valence electrons. The highest BCUT2D eigenvalue weighted by Gasteiger charge is 2.46. The van der Waals surface area contributed by atoms with Crippen LogP contribution in [0.1, 0.15) is 30.0 Å². The molecule has 0 bridgehead atoms. The summed E-state index contributed by atoms with van der Waals surface area (Å²) >= 11 is 6.09. The van der Waals surface area contributed by atoms with Crippen LogP contribution >= 0.6 is 11.6 Å². The number of aliphatic imine (C=N–C) groups is 1. The number of hydrogen-bond donors (Lipinski definition) is 0. The van der Waals surface area contributed by atoms with Crippen molar-refractivity contribution < 1.29 is 4.84 Å². The van der Waals surface area contributed by atoms with E-state index >= 15 is 0 Å². The summed E-state index contributed by atoms with van der Waals surface area (Å²) < 4.78 is 0. The van der Waals surface area contributed by atoms with Gasteiger partial charge in [0.25, 0.3) is 0 Å². The van der Waals surface area contributed by atoms with Crippen molar-refractivity contribution in [3.8, 4) is 0 Å². The zero-order chi connectivity index (χ0) is 20.0. The molecule has 2 heterocycles. The lowest BCUT2D eigenvalue weighted by Gasteiger charge is -2.33. The molecule has 3 aromatic carbocycles. The number of fused-ring (bicyclic) bond motifs is 3. The molecule has 5 rings (SSSR count). The third-order valence-corrected chi connectivity index (χ3v) is 5.60. The fraction of sp³-hybridized carbons (Fsp3) is 0.167. The highest BCUT2D eigenvalue weighted by atomic mass is 35.5. The molecular weight excluding hydrogens is 382 g/mol. The summed E-state index contributed by atoms with van der Waals surface area (Å²) in [5.41, 5.74) is 5.41. The molecule has 0 fully saturated rings. The van der Waals surface area contributed by atoms with Crippen LogP contribution in [-0.4, -0.2) is 17.3 Å². The quantitative estimate of drug-likeness (QED) is 0.521. The second-order valence-electron chi connectivity index (χ2n) is 7.62. The van der Waals surface area contributed by atoms with Gasteiger partial charge >= 0.3 is 0 Å². The van der Waals surface area contributed by atoms with Crippen molar-refractivity contribution in [1.29, 1.82) is 0 Å². The Morgan fingerprint density at radius 1 is 0.966 bits per heavy atom. The van der Waals surface area contributed by atoms with Gasteiger partial charge in [-0.05, 0) is 61.4 Å². The molecule has 1 atom stereocenters. The first-order valence-electron chi connectivity index (χ1n) is 9.59. The van der Waals surface area contributed by atoms with Gasteiger partial charge in [-0.3, -0.25) is 9.89 Å². The van der Waals surface area contributed by atoms with E-state index in [1.54, 1.807) is 0 Å². The number of halogens is 1. The van der Waals surface area contributed by atoms with Crippen molar-refractivity contribution in [3.05, 3.63) is 94.5 Å². The Labute approximate surface area is 175 Å². The Balaban J connectivity index is 1.67. The highest BCUT2D eigenvalue weighted by Crippen LogP contribution is 2.44. The summed E-state index contributed by atoms with van der Waals surface area (Å²) in [5.74, 6) is 0.763. The first kappa shape index (κ1) is 18.0. The third kappa shape index (κ3) is 3.10. The summed E-state index contributed by atoms with van der Waals surface area (Å²) in [6.45, 7) is 4.14. The molecule has 0 spiro atoms. The van der Waals surface area contributed by atoms with Crippen LogP contribution in [0.3, 0.4) is 0 Å². The minimum atomic E-state index is -0.676. The summed E-state index contributed by atoms with van der Waals surface area (Å²) in [5, 5.41) is 5.18. The first-order valence-corrected chi connectivity index (χ1v) is 9.97. The van der Waals surface area contributed by atoms with Crippen LogP contribution in [0.4, 0.5) is 11.4 Å². The van der Waals surface area contributed by atoms with Crippen molar-refractivity contribution in [2.45, 2.75) is 26.0 Å². The zero-order valence-electron chi connectivity index (χ0n) is 16.3. The number of anilines is 1. The standard InChI is InChI=1S/C24H20ClN3O/c1-16-8-13-22-20(14-16)26-21(17-6-4-3-5-7-17)15-24(2)28(22)23(27-29-24)18-9-11-19(25)12-10-18/h3-14H,15H2,1-2H3/t24-/m0/s1. The van der Waals surface area contributed by atoms with E-state index in [1.165, 1.54) is 0 Å². The fourth-order valence-electron chi connectivity index (χ4n) is 3.91. The monoisotopic (exact) mass is 401 g/mol. The van der Waals surface area contributed by atoms with Crippen LogP contribution in [0.5, 0.6) is 0 Å². The smallest absolute Gasteiger partial charge is 0.218 e. The molecule has 0 saturated heterocycles. The minimum Gasteiger partial charge on any atom is -0.365 e. The maximum absolute atomic E-state index is 6.09. The van der Waals surface area contributed by atoms with Gasteiger partial charge in [-0.1, -0.05) is 53.2 Å².